The van der Waals surface area contributed by atoms with E-state index in [1.807, 2.05) is 0 Å². The molecule has 0 fully saturated rings. The van der Waals surface area contributed by atoms with E-state index in [2.05, 4.69) is 5.16 Å². The van der Waals surface area contributed by atoms with E-state index in [1.165, 1.54) is 6.92 Å². The van der Waals surface area contributed by atoms with Gasteiger partial charge in [-0.1, -0.05) is 5.16 Å². The Bertz CT molecular complexity index is 154. The molecule has 0 spiro atoms. The number of aliphatic carboxylic acids is 1. The second-order valence-electron chi connectivity index (χ2n) is 1.89. The molecule has 5 nitrogen and oxygen atoms in total. The Morgan fingerprint density at radius 3 is 2.50 bits per heavy atom. The second-order valence-corrected chi connectivity index (χ2v) is 1.89. The first-order valence-corrected chi connectivity index (χ1v) is 2.66. The zero-order valence-electron chi connectivity index (χ0n) is 5.48. The van der Waals surface area contributed by atoms with Gasteiger partial charge < -0.3 is 15.4 Å². The molecule has 10 heavy (non-hydrogen) atoms. The summed E-state index contributed by atoms with van der Waals surface area (Å²) in [5.74, 6) is -1.32. The molecule has 1 unspecified atom stereocenters. The first-order chi connectivity index (χ1) is 4.57. The van der Waals surface area contributed by atoms with Crippen molar-refractivity contribution in [2.24, 2.45) is 5.16 Å². The van der Waals surface area contributed by atoms with E-state index in [1.54, 1.807) is 0 Å². The molecule has 0 aromatic carbocycles. The van der Waals surface area contributed by atoms with Gasteiger partial charge in [-0.15, -0.1) is 0 Å². The van der Waals surface area contributed by atoms with Crippen molar-refractivity contribution in [3.8, 4) is 0 Å². The first kappa shape index (κ1) is 8.90. The van der Waals surface area contributed by atoms with Crippen LogP contribution in [0.1, 0.15) is 13.3 Å². The Labute approximate surface area is 57.6 Å². The Morgan fingerprint density at radius 1 is 1.70 bits per heavy atom. The summed E-state index contributed by atoms with van der Waals surface area (Å²) < 4.78 is 0. The third-order valence-electron chi connectivity index (χ3n) is 0.945. The van der Waals surface area contributed by atoms with Crippen molar-refractivity contribution in [3.63, 3.8) is 0 Å². The van der Waals surface area contributed by atoms with Gasteiger partial charge in [0.15, 0.2) is 6.10 Å². The molecule has 0 bridgehead atoms. The smallest absolute Gasteiger partial charge is 0.332 e. The molecule has 0 radical (unpaired) electrons. The monoisotopic (exact) mass is 147 g/mol. The average Bonchev–Trinajstić information content (AvgIpc) is 1.87. The lowest BCUT2D eigenvalue weighted by atomic mass is 10.2. The highest BCUT2D eigenvalue weighted by molar-refractivity contribution is 5.86. The fourth-order valence-electron chi connectivity index (χ4n) is 0.408. The van der Waals surface area contributed by atoms with Crippen LogP contribution >= 0.6 is 0 Å². The summed E-state index contributed by atoms with van der Waals surface area (Å²) in [5.41, 5.74) is 0.190. The minimum Gasteiger partial charge on any atom is -0.479 e. The predicted molar refractivity (Wildman–Crippen MR) is 33.2 cm³/mol. The molecule has 1 atom stereocenters. The normalized spacial score (nSPS) is 14.8. The van der Waals surface area contributed by atoms with Crippen molar-refractivity contribution in [1.82, 2.24) is 0 Å². The van der Waals surface area contributed by atoms with Gasteiger partial charge in [-0.05, 0) is 6.92 Å². The van der Waals surface area contributed by atoms with Crippen LogP contribution < -0.4 is 0 Å². The van der Waals surface area contributed by atoms with Gasteiger partial charge in [0.25, 0.3) is 0 Å². The molecule has 0 saturated heterocycles. The summed E-state index contributed by atoms with van der Waals surface area (Å²) in [6.07, 6.45) is -1.62. The predicted octanol–water partition coefficient (Wildman–Crippen LogP) is -0.328. The fourth-order valence-corrected chi connectivity index (χ4v) is 0.408. The van der Waals surface area contributed by atoms with Crippen molar-refractivity contribution in [2.75, 3.05) is 0 Å². The standard InChI is InChI=1S/C5H9NO4/c1-3(6-10)2-4(7)5(8)9/h4,7,10H,2H2,1H3,(H,8,9)/b6-3+. The molecule has 0 heterocycles. The number of nitrogens with zero attached hydrogens (tertiary/aromatic N) is 1. The number of aliphatic hydroxyl groups is 1. The number of carboxylic acids is 1. The summed E-state index contributed by atoms with van der Waals surface area (Å²) in [5, 5.41) is 27.5. The van der Waals surface area contributed by atoms with Crippen LogP contribution in [-0.2, 0) is 4.79 Å². The van der Waals surface area contributed by atoms with E-state index in [-0.39, 0.29) is 12.1 Å². The minimum atomic E-state index is -1.48. The second kappa shape index (κ2) is 3.84. The quantitative estimate of drug-likeness (QED) is 0.289. The Kier molecular flexibility index (Phi) is 3.42. The van der Waals surface area contributed by atoms with Gasteiger partial charge in [-0.3, -0.25) is 0 Å². The average molecular weight is 147 g/mol. The molecule has 0 aliphatic carbocycles. The molecule has 0 aliphatic rings. The molecule has 0 aliphatic heterocycles. The number of hydrogen-bond acceptors (Lipinski definition) is 4. The van der Waals surface area contributed by atoms with E-state index in [0.717, 1.165) is 0 Å². The molecule has 3 N–H and O–H groups in total. The summed E-state index contributed by atoms with van der Waals surface area (Å²) >= 11 is 0. The maximum atomic E-state index is 9.96. The first-order valence-electron chi connectivity index (χ1n) is 2.66. The van der Waals surface area contributed by atoms with E-state index < -0.39 is 12.1 Å². The van der Waals surface area contributed by atoms with Crippen LogP contribution in [0.4, 0.5) is 0 Å². The molecule has 0 saturated carbocycles. The van der Waals surface area contributed by atoms with Gasteiger partial charge in [0, 0.05) is 6.42 Å². The maximum absolute atomic E-state index is 9.96. The molecular formula is C5H9NO4. The Hall–Kier alpha value is -1.10. The van der Waals surface area contributed by atoms with Crippen molar-refractivity contribution in [3.05, 3.63) is 0 Å². The van der Waals surface area contributed by atoms with Crippen LogP contribution in [0, 0.1) is 0 Å². The van der Waals surface area contributed by atoms with Crippen LogP contribution in [0.2, 0.25) is 0 Å². The van der Waals surface area contributed by atoms with E-state index in [4.69, 9.17) is 15.4 Å². The summed E-state index contributed by atoms with van der Waals surface area (Å²) in [6, 6.07) is 0. The number of hydrogen-bond donors (Lipinski definition) is 3. The number of carboxylic acid groups (broad SMARTS) is 1. The molecule has 0 amide bonds. The molecule has 0 rings (SSSR count). The Balaban J connectivity index is 3.80. The van der Waals surface area contributed by atoms with Gasteiger partial charge in [0.2, 0.25) is 0 Å². The number of rotatable bonds is 3. The van der Waals surface area contributed by atoms with E-state index in [9.17, 15) is 4.79 Å². The van der Waals surface area contributed by atoms with Crippen molar-refractivity contribution in [2.45, 2.75) is 19.4 Å². The van der Waals surface area contributed by atoms with Crippen LogP contribution in [0.25, 0.3) is 0 Å². The zero-order chi connectivity index (χ0) is 8.15. The largest absolute Gasteiger partial charge is 0.479 e. The third kappa shape index (κ3) is 3.03. The van der Waals surface area contributed by atoms with Gasteiger partial charge in [0.1, 0.15) is 0 Å². The highest BCUT2D eigenvalue weighted by Crippen LogP contribution is 1.93. The van der Waals surface area contributed by atoms with Gasteiger partial charge in [-0.2, -0.15) is 0 Å². The lowest BCUT2D eigenvalue weighted by molar-refractivity contribution is -0.146. The number of oxime groups is 1. The van der Waals surface area contributed by atoms with E-state index >= 15 is 0 Å². The molecule has 58 valence electrons. The Morgan fingerprint density at radius 2 is 2.20 bits per heavy atom. The van der Waals surface area contributed by atoms with Crippen LogP contribution in [-0.4, -0.2) is 33.2 Å². The molecule has 5 heteroatoms. The molecule has 0 aromatic heterocycles. The van der Waals surface area contributed by atoms with Crippen LogP contribution in [0.5, 0.6) is 0 Å². The highest BCUT2D eigenvalue weighted by atomic mass is 16.4. The van der Waals surface area contributed by atoms with Crippen LogP contribution in [0.3, 0.4) is 0 Å². The summed E-state index contributed by atoms with van der Waals surface area (Å²) in [4.78, 5) is 9.96. The van der Waals surface area contributed by atoms with Crippen molar-refractivity contribution in [1.29, 1.82) is 0 Å². The molecular weight excluding hydrogens is 138 g/mol. The maximum Gasteiger partial charge on any atom is 0.332 e. The van der Waals surface area contributed by atoms with Gasteiger partial charge in [0.05, 0.1) is 5.71 Å². The highest BCUT2D eigenvalue weighted by Gasteiger charge is 2.13. The molecule has 0 aromatic rings. The zero-order valence-corrected chi connectivity index (χ0v) is 5.48. The van der Waals surface area contributed by atoms with Crippen LogP contribution in [0.15, 0.2) is 5.16 Å². The van der Waals surface area contributed by atoms with Crippen molar-refractivity contribution < 1.29 is 20.2 Å². The third-order valence-corrected chi connectivity index (χ3v) is 0.945. The van der Waals surface area contributed by atoms with Gasteiger partial charge >= 0.3 is 5.97 Å². The lowest BCUT2D eigenvalue weighted by Crippen LogP contribution is -2.21. The van der Waals surface area contributed by atoms with Crippen molar-refractivity contribution >= 4 is 11.7 Å². The fraction of sp³-hybridized carbons (Fsp3) is 0.600. The lowest BCUT2D eigenvalue weighted by Gasteiger charge is -2.01. The topological polar surface area (TPSA) is 90.1 Å². The summed E-state index contributed by atoms with van der Waals surface area (Å²) in [7, 11) is 0. The minimum absolute atomic E-state index is 0.147. The summed E-state index contributed by atoms with van der Waals surface area (Å²) in [6.45, 7) is 1.42. The number of carbonyl (C=O) groups is 1. The van der Waals surface area contributed by atoms with E-state index in [0.29, 0.717) is 0 Å². The number of aliphatic hydroxyl groups excluding tert-OH is 1. The van der Waals surface area contributed by atoms with Gasteiger partial charge in [-0.25, -0.2) is 4.79 Å². The SMILES string of the molecule is C/C(CC(O)C(=O)O)=N\O.